The number of ether oxygens (including phenoxy) is 1. The third-order valence-electron chi connectivity index (χ3n) is 5.71. The summed E-state index contributed by atoms with van der Waals surface area (Å²) in [7, 11) is 0. The second-order valence-corrected chi connectivity index (χ2v) is 8.04. The van der Waals surface area contributed by atoms with E-state index in [0.717, 1.165) is 31.4 Å². The third-order valence-corrected chi connectivity index (χ3v) is 5.71. The minimum absolute atomic E-state index is 0.0598. The molecular formula is C25H31FN2O3. The van der Waals surface area contributed by atoms with E-state index in [1.165, 1.54) is 11.0 Å². The van der Waals surface area contributed by atoms with E-state index in [1.807, 2.05) is 30.3 Å². The van der Waals surface area contributed by atoms with Gasteiger partial charge in [-0.2, -0.15) is 0 Å². The van der Waals surface area contributed by atoms with Crippen LogP contribution >= 0.6 is 0 Å². The molecule has 0 heterocycles. The summed E-state index contributed by atoms with van der Waals surface area (Å²) < 4.78 is 19.9. The molecule has 0 aromatic heterocycles. The first-order chi connectivity index (χ1) is 15.0. The van der Waals surface area contributed by atoms with Gasteiger partial charge in [0, 0.05) is 24.6 Å². The molecule has 166 valence electrons. The lowest BCUT2D eigenvalue weighted by Crippen LogP contribution is -2.49. The van der Waals surface area contributed by atoms with E-state index < -0.39 is 6.04 Å². The van der Waals surface area contributed by atoms with Gasteiger partial charge in [0.1, 0.15) is 17.6 Å². The predicted octanol–water partition coefficient (Wildman–Crippen LogP) is 4.46. The molecule has 0 bridgehead atoms. The van der Waals surface area contributed by atoms with Gasteiger partial charge in [-0.1, -0.05) is 49.2 Å². The van der Waals surface area contributed by atoms with E-state index in [1.54, 1.807) is 25.1 Å². The third kappa shape index (κ3) is 6.81. The van der Waals surface area contributed by atoms with Crippen LogP contribution in [0, 0.1) is 5.82 Å². The lowest BCUT2D eigenvalue weighted by molar-refractivity contribution is -0.141. The Bertz CT molecular complexity index is 853. The SMILES string of the molecule is C[C@H](C(=O)NC1CCCC1)N(Cc1ccccc1F)C(=O)CCCOc1ccccc1. The minimum Gasteiger partial charge on any atom is -0.494 e. The van der Waals surface area contributed by atoms with Gasteiger partial charge in [0.25, 0.3) is 0 Å². The molecule has 1 fully saturated rings. The van der Waals surface area contributed by atoms with Gasteiger partial charge in [-0.15, -0.1) is 0 Å². The van der Waals surface area contributed by atoms with Crippen molar-refractivity contribution in [3.8, 4) is 5.75 Å². The molecule has 0 aliphatic heterocycles. The van der Waals surface area contributed by atoms with Crippen LogP contribution in [0.1, 0.15) is 51.0 Å². The maximum Gasteiger partial charge on any atom is 0.242 e. The van der Waals surface area contributed by atoms with Crippen LogP contribution in [-0.2, 0) is 16.1 Å². The molecule has 1 saturated carbocycles. The molecule has 31 heavy (non-hydrogen) atoms. The fourth-order valence-corrected chi connectivity index (χ4v) is 3.86. The number of benzene rings is 2. The maximum absolute atomic E-state index is 14.2. The highest BCUT2D eigenvalue weighted by molar-refractivity contribution is 5.87. The Morgan fingerprint density at radius 2 is 1.77 bits per heavy atom. The number of hydrogen-bond donors (Lipinski definition) is 1. The lowest BCUT2D eigenvalue weighted by Gasteiger charge is -2.30. The average Bonchev–Trinajstić information content (AvgIpc) is 3.29. The minimum atomic E-state index is -0.678. The summed E-state index contributed by atoms with van der Waals surface area (Å²) in [5.74, 6) is 0.00435. The summed E-state index contributed by atoms with van der Waals surface area (Å²) in [6.07, 6.45) is 4.89. The Kier molecular flexibility index (Phi) is 8.44. The van der Waals surface area contributed by atoms with Gasteiger partial charge < -0.3 is 15.0 Å². The smallest absolute Gasteiger partial charge is 0.242 e. The largest absolute Gasteiger partial charge is 0.494 e. The number of para-hydroxylation sites is 1. The number of rotatable bonds is 10. The number of carbonyl (C=O) groups excluding carboxylic acids is 2. The summed E-state index contributed by atoms with van der Waals surface area (Å²) in [4.78, 5) is 27.3. The van der Waals surface area contributed by atoms with E-state index in [9.17, 15) is 14.0 Å². The summed E-state index contributed by atoms with van der Waals surface area (Å²) in [6.45, 7) is 2.17. The standard InChI is InChI=1S/C25H31FN2O3/c1-19(25(30)27-21-11-6-7-12-21)28(18-20-10-5-8-15-23(20)26)24(29)16-9-17-31-22-13-3-2-4-14-22/h2-5,8,10,13-15,19,21H,6-7,9,11-12,16-18H2,1H3,(H,27,30)/t19-/m1/s1. The number of nitrogens with one attached hydrogen (secondary N) is 1. The lowest BCUT2D eigenvalue weighted by atomic mass is 10.1. The van der Waals surface area contributed by atoms with Gasteiger partial charge in [-0.05, 0) is 44.4 Å². The Morgan fingerprint density at radius 3 is 2.48 bits per heavy atom. The Hall–Kier alpha value is -2.89. The second-order valence-electron chi connectivity index (χ2n) is 8.04. The zero-order valence-electron chi connectivity index (χ0n) is 18.1. The normalized spacial score (nSPS) is 14.8. The van der Waals surface area contributed by atoms with Crippen LogP contribution in [0.5, 0.6) is 5.75 Å². The molecule has 1 N–H and O–H groups in total. The van der Waals surface area contributed by atoms with Gasteiger partial charge in [-0.3, -0.25) is 9.59 Å². The molecule has 5 nitrogen and oxygen atoms in total. The summed E-state index contributed by atoms with van der Waals surface area (Å²) in [5, 5.41) is 3.05. The summed E-state index contributed by atoms with van der Waals surface area (Å²) in [6, 6.07) is 15.3. The number of hydrogen-bond acceptors (Lipinski definition) is 3. The number of amides is 2. The van der Waals surface area contributed by atoms with Crippen molar-refractivity contribution in [1.82, 2.24) is 10.2 Å². The molecule has 0 radical (unpaired) electrons. The van der Waals surface area contributed by atoms with E-state index >= 15 is 0 Å². The van der Waals surface area contributed by atoms with E-state index in [4.69, 9.17) is 4.74 Å². The first kappa shape index (κ1) is 22.8. The summed E-state index contributed by atoms with van der Waals surface area (Å²) in [5.41, 5.74) is 0.400. The Balaban J connectivity index is 1.61. The number of nitrogens with zero attached hydrogens (tertiary/aromatic N) is 1. The molecule has 2 aromatic carbocycles. The first-order valence-electron chi connectivity index (χ1n) is 11.1. The summed E-state index contributed by atoms with van der Waals surface area (Å²) >= 11 is 0. The molecule has 1 aliphatic carbocycles. The highest BCUT2D eigenvalue weighted by atomic mass is 19.1. The molecule has 1 aliphatic rings. The van der Waals surface area contributed by atoms with Crippen LogP contribution in [0.15, 0.2) is 54.6 Å². The molecule has 0 unspecified atom stereocenters. The highest BCUT2D eigenvalue weighted by Gasteiger charge is 2.28. The topological polar surface area (TPSA) is 58.6 Å². The van der Waals surface area contributed by atoms with Gasteiger partial charge in [0.05, 0.1) is 6.61 Å². The van der Waals surface area contributed by atoms with Crippen LogP contribution in [-0.4, -0.2) is 35.4 Å². The molecule has 3 rings (SSSR count). The second kappa shape index (κ2) is 11.5. The van der Waals surface area contributed by atoms with Crippen molar-refractivity contribution in [2.45, 2.75) is 64.1 Å². The molecule has 0 saturated heterocycles. The van der Waals surface area contributed by atoms with Crippen molar-refractivity contribution < 1.29 is 18.7 Å². The Morgan fingerprint density at radius 1 is 1.10 bits per heavy atom. The van der Waals surface area contributed by atoms with Crippen molar-refractivity contribution in [3.63, 3.8) is 0 Å². The van der Waals surface area contributed by atoms with Crippen molar-refractivity contribution in [1.29, 1.82) is 0 Å². The van der Waals surface area contributed by atoms with E-state index in [-0.39, 0.29) is 36.6 Å². The van der Waals surface area contributed by atoms with E-state index in [2.05, 4.69) is 5.32 Å². The van der Waals surface area contributed by atoms with E-state index in [0.29, 0.717) is 18.6 Å². The van der Waals surface area contributed by atoms with Gasteiger partial charge in [-0.25, -0.2) is 4.39 Å². The fraction of sp³-hybridized carbons (Fsp3) is 0.440. The first-order valence-corrected chi connectivity index (χ1v) is 11.1. The van der Waals surface area contributed by atoms with Crippen molar-refractivity contribution in [2.75, 3.05) is 6.61 Å². The van der Waals surface area contributed by atoms with Crippen molar-refractivity contribution >= 4 is 11.8 Å². The number of halogens is 1. The monoisotopic (exact) mass is 426 g/mol. The molecule has 2 amide bonds. The predicted molar refractivity (Wildman–Crippen MR) is 118 cm³/mol. The highest BCUT2D eigenvalue weighted by Crippen LogP contribution is 2.19. The molecule has 2 aromatic rings. The fourth-order valence-electron chi connectivity index (χ4n) is 3.86. The van der Waals surface area contributed by atoms with Crippen LogP contribution in [0.3, 0.4) is 0 Å². The van der Waals surface area contributed by atoms with Crippen LogP contribution in [0.2, 0.25) is 0 Å². The van der Waals surface area contributed by atoms with Gasteiger partial charge in [0.15, 0.2) is 0 Å². The molecule has 0 spiro atoms. The Labute approximate surface area is 183 Å². The average molecular weight is 427 g/mol. The van der Waals surface area contributed by atoms with Crippen LogP contribution < -0.4 is 10.1 Å². The van der Waals surface area contributed by atoms with Crippen LogP contribution in [0.4, 0.5) is 4.39 Å². The van der Waals surface area contributed by atoms with Crippen molar-refractivity contribution in [2.24, 2.45) is 0 Å². The number of carbonyl (C=O) groups is 2. The maximum atomic E-state index is 14.2. The quantitative estimate of drug-likeness (QED) is 0.571. The van der Waals surface area contributed by atoms with Crippen molar-refractivity contribution in [3.05, 3.63) is 66.0 Å². The van der Waals surface area contributed by atoms with Gasteiger partial charge in [0.2, 0.25) is 11.8 Å². The van der Waals surface area contributed by atoms with Gasteiger partial charge >= 0.3 is 0 Å². The molecule has 6 heteroatoms. The van der Waals surface area contributed by atoms with Crippen LogP contribution in [0.25, 0.3) is 0 Å². The molecular weight excluding hydrogens is 395 g/mol. The molecule has 1 atom stereocenters. The zero-order chi connectivity index (χ0) is 22.1. The zero-order valence-corrected chi connectivity index (χ0v) is 18.1.